The van der Waals surface area contributed by atoms with Gasteiger partial charge < -0.3 is 15.4 Å². The fourth-order valence-electron chi connectivity index (χ4n) is 3.01. The first kappa shape index (κ1) is 17.8. The van der Waals surface area contributed by atoms with Gasteiger partial charge in [-0.1, -0.05) is 12.1 Å². The molecule has 2 N–H and O–H groups in total. The summed E-state index contributed by atoms with van der Waals surface area (Å²) in [7, 11) is 0. The van der Waals surface area contributed by atoms with E-state index < -0.39 is 29.4 Å². The van der Waals surface area contributed by atoms with E-state index in [1.165, 1.54) is 0 Å². The topological polar surface area (TPSA) is 67.4 Å². The van der Waals surface area contributed by atoms with E-state index in [1.807, 2.05) is 6.92 Å². The molecule has 5 nitrogen and oxygen atoms in total. The Morgan fingerprint density at radius 3 is 2.62 bits per heavy atom. The molecule has 1 saturated heterocycles. The molecule has 0 aromatic heterocycles. The molecule has 1 aliphatic rings. The van der Waals surface area contributed by atoms with Crippen LogP contribution in [0.25, 0.3) is 0 Å². The average molecular weight is 360 g/mol. The smallest absolute Gasteiger partial charge is 0.237 e. The summed E-state index contributed by atoms with van der Waals surface area (Å²) in [5.74, 6) is -3.39. The van der Waals surface area contributed by atoms with Crippen molar-refractivity contribution < 1.29 is 23.1 Å². The molecule has 26 heavy (non-hydrogen) atoms. The van der Waals surface area contributed by atoms with Gasteiger partial charge in [-0.2, -0.15) is 0 Å². The Bertz CT molecular complexity index is 824. The molecule has 3 rings (SSSR count). The molecule has 0 spiro atoms. The lowest BCUT2D eigenvalue weighted by atomic mass is 9.88. The molecule has 0 unspecified atom stereocenters. The van der Waals surface area contributed by atoms with Gasteiger partial charge in [0.1, 0.15) is 23.3 Å². The predicted molar refractivity (Wildman–Crippen MR) is 91.8 cm³/mol. The van der Waals surface area contributed by atoms with Crippen LogP contribution in [0.4, 0.5) is 14.5 Å². The lowest BCUT2D eigenvalue weighted by molar-refractivity contribution is -0.130. The van der Waals surface area contributed by atoms with Gasteiger partial charge in [-0.3, -0.25) is 9.59 Å². The summed E-state index contributed by atoms with van der Waals surface area (Å²) in [5.41, 5.74) is 0.632. The van der Waals surface area contributed by atoms with Crippen molar-refractivity contribution in [3.8, 4) is 5.75 Å². The van der Waals surface area contributed by atoms with E-state index in [0.29, 0.717) is 25.0 Å². The molecule has 0 aliphatic carbocycles. The van der Waals surface area contributed by atoms with Crippen LogP contribution in [0, 0.1) is 17.6 Å². The molecule has 2 atom stereocenters. The van der Waals surface area contributed by atoms with Gasteiger partial charge in [0.25, 0.3) is 0 Å². The summed E-state index contributed by atoms with van der Waals surface area (Å²) in [6, 6.07) is 9.99. The zero-order valence-electron chi connectivity index (χ0n) is 14.1. The van der Waals surface area contributed by atoms with Crippen LogP contribution in [0.15, 0.2) is 42.5 Å². The lowest BCUT2D eigenvalue weighted by Gasteiger charge is -2.17. The van der Waals surface area contributed by atoms with E-state index in [4.69, 9.17) is 4.74 Å². The number of halogens is 2. The van der Waals surface area contributed by atoms with Crippen LogP contribution in [0.1, 0.15) is 18.4 Å². The standard InChI is InChI=1S/C19H18F2N2O3/c1-2-26-13-6-3-11(4-7-13)14-10-22-18(24)17(14)19(25)23-16-8-5-12(20)9-15(16)21/h3-9,14,17H,2,10H2,1H3,(H,22,24)(H,23,25)/t14-,17-/m1/s1. The Balaban J connectivity index is 1.79. The number of anilines is 1. The van der Waals surface area contributed by atoms with Gasteiger partial charge in [-0.05, 0) is 36.8 Å². The van der Waals surface area contributed by atoms with Crippen LogP contribution < -0.4 is 15.4 Å². The number of hydrogen-bond donors (Lipinski definition) is 2. The van der Waals surface area contributed by atoms with Gasteiger partial charge in [-0.15, -0.1) is 0 Å². The van der Waals surface area contributed by atoms with Crippen molar-refractivity contribution in [2.45, 2.75) is 12.8 Å². The molecule has 1 aliphatic heterocycles. The third kappa shape index (κ3) is 3.66. The van der Waals surface area contributed by atoms with E-state index in [9.17, 15) is 18.4 Å². The van der Waals surface area contributed by atoms with Crippen LogP contribution in [-0.2, 0) is 9.59 Å². The van der Waals surface area contributed by atoms with Crippen molar-refractivity contribution in [2.75, 3.05) is 18.5 Å². The molecule has 0 saturated carbocycles. The van der Waals surface area contributed by atoms with E-state index in [1.54, 1.807) is 24.3 Å². The Hall–Kier alpha value is -2.96. The maximum atomic E-state index is 13.8. The minimum Gasteiger partial charge on any atom is -0.494 e. The number of benzene rings is 2. The molecule has 7 heteroatoms. The molecule has 1 heterocycles. The van der Waals surface area contributed by atoms with Crippen molar-refractivity contribution in [2.24, 2.45) is 5.92 Å². The summed E-state index contributed by atoms with van der Waals surface area (Å²) in [6.45, 7) is 2.72. The molecule has 0 radical (unpaired) electrons. The molecular formula is C19H18F2N2O3. The highest BCUT2D eigenvalue weighted by Crippen LogP contribution is 2.31. The molecule has 2 aromatic carbocycles. The number of carbonyl (C=O) groups is 2. The molecule has 1 fully saturated rings. The number of hydrogen-bond acceptors (Lipinski definition) is 3. The molecular weight excluding hydrogens is 342 g/mol. The van der Waals surface area contributed by atoms with Crippen molar-refractivity contribution >= 4 is 17.5 Å². The Labute approximate surface area is 149 Å². The Kier molecular flexibility index (Phi) is 5.16. The van der Waals surface area contributed by atoms with Crippen molar-refractivity contribution in [1.82, 2.24) is 5.32 Å². The average Bonchev–Trinajstić information content (AvgIpc) is 3.00. The number of ether oxygens (including phenoxy) is 1. The SMILES string of the molecule is CCOc1ccc([C@H]2CNC(=O)[C@@H]2C(=O)Nc2ccc(F)cc2F)cc1. The van der Waals surface area contributed by atoms with E-state index in [-0.39, 0.29) is 11.6 Å². The van der Waals surface area contributed by atoms with Crippen molar-refractivity contribution in [3.63, 3.8) is 0 Å². The zero-order valence-corrected chi connectivity index (χ0v) is 14.1. The summed E-state index contributed by atoms with van der Waals surface area (Å²) in [4.78, 5) is 24.7. The maximum absolute atomic E-state index is 13.8. The lowest BCUT2D eigenvalue weighted by Crippen LogP contribution is -2.32. The zero-order chi connectivity index (χ0) is 18.7. The van der Waals surface area contributed by atoms with E-state index in [2.05, 4.69) is 10.6 Å². The first-order chi connectivity index (χ1) is 12.5. The molecule has 0 bridgehead atoms. The second-order valence-electron chi connectivity index (χ2n) is 5.94. The first-order valence-electron chi connectivity index (χ1n) is 8.26. The van der Waals surface area contributed by atoms with Gasteiger partial charge >= 0.3 is 0 Å². The van der Waals surface area contributed by atoms with E-state index in [0.717, 1.165) is 17.7 Å². The Morgan fingerprint density at radius 1 is 1.23 bits per heavy atom. The number of nitrogens with one attached hydrogen (secondary N) is 2. The summed E-state index contributed by atoms with van der Waals surface area (Å²) >= 11 is 0. The summed E-state index contributed by atoms with van der Waals surface area (Å²) in [5, 5.41) is 5.04. The van der Waals surface area contributed by atoms with Gasteiger partial charge in [0.2, 0.25) is 11.8 Å². The predicted octanol–water partition coefficient (Wildman–Crippen LogP) is 2.83. The highest BCUT2D eigenvalue weighted by Gasteiger charge is 2.41. The Morgan fingerprint density at radius 2 is 1.96 bits per heavy atom. The third-order valence-electron chi connectivity index (χ3n) is 4.27. The highest BCUT2D eigenvalue weighted by atomic mass is 19.1. The maximum Gasteiger partial charge on any atom is 0.237 e. The van der Waals surface area contributed by atoms with Crippen LogP contribution >= 0.6 is 0 Å². The van der Waals surface area contributed by atoms with Crippen LogP contribution in [0.3, 0.4) is 0 Å². The van der Waals surface area contributed by atoms with Crippen LogP contribution in [-0.4, -0.2) is 25.0 Å². The summed E-state index contributed by atoms with van der Waals surface area (Å²) < 4.78 is 32.1. The van der Waals surface area contributed by atoms with E-state index >= 15 is 0 Å². The fraction of sp³-hybridized carbons (Fsp3) is 0.263. The normalized spacial score (nSPS) is 19.1. The van der Waals surface area contributed by atoms with Gasteiger partial charge in [0, 0.05) is 18.5 Å². The quantitative estimate of drug-likeness (QED) is 0.806. The van der Waals surface area contributed by atoms with Crippen molar-refractivity contribution in [3.05, 3.63) is 59.7 Å². The molecule has 136 valence electrons. The summed E-state index contributed by atoms with van der Waals surface area (Å²) in [6.07, 6.45) is 0. The minimum atomic E-state index is -1.00. The van der Waals surface area contributed by atoms with Crippen molar-refractivity contribution in [1.29, 1.82) is 0 Å². The van der Waals surface area contributed by atoms with Crippen LogP contribution in [0.5, 0.6) is 5.75 Å². The second-order valence-corrected chi connectivity index (χ2v) is 5.94. The highest BCUT2D eigenvalue weighted by molar-refractivity contribution is 6.08. The molecule has 2 aromatic rings. The fourth-order valence-corrected chi connectivity index (χ4v) is 3.01. The van der Waals surface area contributed by atoms with Gasteiger partial charge in [-0.25, -0.2) is 8.78 Å². The minimum absolute atomic E-state index is 0.165. The van der Waals surface area contributed by atoms with Gasteiger partial charge in [0.15, 0.2) is 0 Å². The first-order valence-corrected chi connectivity index (χ1v) is 8.26. The van der Waals surface area contributed by atoms with Gasteiger partial charge in [0.05, 0.1) is 12.3 Å². The number of amides is 2. The largest absolute Gasteiger partial charge is 0.494 e. The third-order valence-corrected chi connectivity index (χ3v) is 4.27. The number of carbonyl (C=O) groups excluding carboxylic acids is 2. The number of rotatable bonds is 5. The van der Waals surface area contributed by atoms with Crippen LogP contribution in [0.2, 0.25) is 0 Å². The molecule has 2 amide bonds. The monoisotopic (exact) mass is 360 g/mol. The second kappa shape index (κ2) is 7.51.